The van der Waals surface area contributed by atoms with E-state index in [1.807, 2.05) is 60.8 Å². The van der Waals surface area contributed by atoms with E-state index in [-0.39, 0.29) is 0 Å². The van der Waals surface area contributed by atoms with Crippen molar-refractivity contribution in [2.75, 3.05) is 10.6 Å². The summed E-state index contributed by atoms with van der Waals surface area (Å²) in [6, 6.07) is 19.5. The van der Waals surface area contributed by atoms with Gasteiger partial charge in [0.15, 0.2) is 17.3 Å². The third-order valence-electron chi connectivity index (χ3n) is 4.43. The van der Waals surface area contributed by atoms with Crippen LogP contribution in [0.25, 0.3) is 16.6 Å². The van der Waals surface area contributed by atoms with Crippen molar-refractivity contribution in [2.45, 2.75) is 6.54 Å². The number of anilines is 3. The van der Waals surface area contributed by atoms with Crippen LogP contribution in [0.5, 0.6) is 0 Å². The van der Waals surface area contributed by atoms with Crippen molar-refractivity contribution in [1.29, 1.82) is 0 Å². The molecule has 0 aliphatic rings. The fourth-order valence-electron chi connectivity index (χ4n) is 3.07. The van der Waals surface area contributed by atoms with E-state index in [4.69, 9.17) is 11.6 Å². The van der Waals surface area contributed by atoms with Crippen LogP contribution in [0.4, 0.5) is 17.2 Å². The van der Waals surface area contributed by atoms with Crippen LogP contribution >= 0.6 is 11.6 Å². The molecule has 0 aliphatic carbocycles. The second-order valence-corrected chi connectivity index (χ2v) is 6.81. The summed E-state index contributed by atoms with van der Waals surface area (Å²) in [5.41, 5.74) is 3.68. The lowest BCUT2D eigenvalue weighted by molar-refractivity contribution is 0.832. The topological polar surface area (TPSA) is 82.9 Å². The SMILES string of the molecule is Clc1cccc(Nc2ccc3nnc(CNc4ccc5[nH]ccc5c4)n3n2)c1. The Morgan fingerprint density at radius 1 is 0.964 bits per heavy atom. The number of aromatic amines is 1. The molecule has 138 valence electrons. The van der Waals surface area contributed by atoms with Gasteiger partial charge in [-0.15, -0.1) is 15.3 Å². The Labute approximate surface area is 165 Å². The number of H-pyrrole nitrogens is 1. The maximum absolute atomic E-state index is 6.05. The summed E-state index contributed by atoms with van der Waals surface area (Å²) in [6.45, 7) is 0.505. The number of halogens is 1. The van der Waals surface area contributed by atoms with Crippen LogP contribution in [0.15, 0.2) is 66.9 Å². The summed E-state index contributed by atoms with van der Waals surface area (Å²) in [5, 5.41) is 21.5. The minimum atomic E-state index is 0.505. The smallest absolute Gasteiger partial charge is 0.178 e. The third-order valence-corrected chi connectivity index (χ3v) is 4.66. The molecule has 0 amide bonds. The minimum absolute atomic E-state index is 0.505. The Bertz CT molecular complexity index is 1270. The second-order valence-electron chi connectivity index (χ2n) is 6.37. The Balaban J connectivity index is 1.38. The number of hydrogen-bond acceptors (Lipinski definition) is 5. The summed E-state index contributed by atoms with van der Waals surface area (Å²) < 4.78 is 1.73. The van der Waals surface area contributed by atoms with Gasteiger partial charge in [-0.25, -0.2) is 0 Å². The van der Waals surface area contributed by atoms with E-state index in [0.29, 0.717) is 23.0 Å². The number of nitrogens with one attached hydrogen (secondary N) is 3. The first kappa shape index (κ1) is 16.6. The second kappa shape index (κ2) is 6.86. The van der Waals surface area contributed by atoms with Gasteiger partial charge in [-0.1, -0.05) is 17.7 Å². The van der Waals surface area contributed by atoms with Gasteiger partial charge in [-0.3, -0.25) is 0 Å². The molecule has 2 aromatic carbocycles. The average Bonchev–Trinajstić information content (AvgIpc) is 3.32. The van der Waals surface area contributed by atoms with Gasteiger partial charge in [0, 0.05) is 33.5 Å². The lowest BCUT2D eigenvalue weighted by atomic mass is 10.2. The van der Waals surface area contributed by atoms with E-state index in [1.54, 1.807) is 4.52 Å². The van der Waals surface area contributed by atoms with Crippen LogP contribution in [0.2, 0.25) is 5.02 Å². The van der Waals surface area contributed by atoms with Gasteiger partial charge in [0.25, 0.3) is 0 Å². The third kappa shape index (κ3) is 3.23. The molecule has 0 aliphatic heterocycles. The highest BCUT2D eigenvalue weighted by Crippen LogP contribution is 2.20. The summed E-state index contributed by atoms with van der Waals surface area (Å²) >= 11 is 6.05. The van der Waals surface area contributed by atoms with Gasteiger partial charge in [-0.2, -0.15) is 4.52 Å². The number of benzene rings is 2. The van der Waals surface area contributed by atoms with E-state index >= 15 is 0 Å². The fourth-order valence-corrected chi connectivity index (χ4v) is 3.26. The lowest BCUT2D eigenvalue weighted by Crippen LogP contribution is -2.07. The van der Waals surface area contributed by atoms with Crippen molar-refractivity contribution >= 4 is 45.3 Å². The molecule has 0 radical (unpaired) electrons. The lowest BCUT2D eigenvalue weighted by Gasteiger charge is -2.08. The Hall–Kier alpha value is -3.58. The zero-order chi connectivity index (χ0) is 18.9. The van der Waals surface area contributed by atoms with Crippen molar-refractivity contribution in [2.24, 2.45) is 0 Å². The minimum Gasteiger partial charge on any atom is -0.378 e. The molecule has 0 atom stereocenters. The first-order valence-electron chi connectivity index (χ1n) is 8.79. The molecular formula is C20H16ClN7. The summed E-state index contributed by atoms with van der Waals surface area (Å²) in [5.74, 6) is 1.41. The standard InChI is InChI=1S/C20H16ClN7/c21-14-2-1-3-16(11-14)24-18-6-7-19-25-26-20(28(19)27-18)12-23-15-4-5-17-13(10-15)8-9-22-17/h1-11,22-23H,12H2,(H,24,27). The molecule has 0 saturated heterocycles. The largest absolute Gasteiger partial charge is 0.378 e. The van der Waals surface area contributed by atoms with E-state index in [1.165, 1.54) is 0 Å². The molecule has 7 nitrogen and oxygen atoms in total. The van der Waals surface area contributed by atoms with Gasteiger partial charge in [0.2, 0.25) is 0 Å². The number of rotatable bonds is 5. The quantitative estimate of drug-likeness (QED) is 0.408. The van der Waals surface area contributed by atoms with E-state index < -0.39 is 0 Å². The predicted molar refractivity (Wildman–Crippen MR) is 111 cm³/mol. The van der Waals surface area contributed by atoms with Crippen LogP contribution in [0, 0.1) is 0 Å². The van der Waals surface area contributed by atoms with E-state index in [2.05, 4.69) is 37.0 Å². The first-order chi connectivity index (χ1) is 13.7. The van der Waals surface area contributed by atoms with Crippen molar-refractivity contribution in [3.05, 3.63) is 77.7 Å². The Morgan fingerprint density at radius 3 is 2.86 bits per heavy atom. The van der Waals surface area contributed by atoms with Crippen molar-refractivity contribution < 1.29 is 0 Å². The zero-order valence-corrected chi connectivity index (χ0v) is 15.5. The Kier molecular flexibility index (Phi) is 4.06. The van der Waals surface area contributed by atoms with Gasteiger partial charge < -0.3 is 15.6 Å². The van der Waals surface area contributed by atoms with Crippen LogP contribution in [0.1, 0.15) is 5.82 Å². The monoisotopic (exact) mass is 389 g/mol. The molecular weight excluding hydrogens is 374 g/mol. The maximum Gasteiger partial charge on any atom is 0.178 e. The molecule has 8 heteroatoms. The molecule has 0 saturated carbocycles. The molecule has 0 fully saturated rings. The molecule has 0 unspecified atom stereocenters. The molecule has 5 rings (SSSR count). The van der Waals surface area contributed by atoms with Gasteiger partial charge in [-0.05, 0) is 54.6 Å². The highest BCUT2D eigenvalue weighted by Gasteiger charge is 2.08. The van der Waals surface area contributed by atoms with Crippen molar-refractivity contribution in [1.82, 2.24) is 24.8 Å². The van der Waals surface area contributed by atoms with E-state index in [0.717, 1.165) is 28.1 Å². The predicted octanol–water partition coefficient (Wildman–Crippen LogP) is 4.61. The van der Waals surface area contributed by atoms with Gasteiger partial charge in [0.1, 0.15) is 0 Å². The van der Waals surface area contributed by atoms with Crippen molar-refractivity contribution in [3.8, 4) is 0 Å². The zero-order valence-electron chi connectivity index (χ0n) is 14.7. The number of fused-ring (bicyclic) bond motifs is 2. The van der Waals surface area contributed by atoms with Gasteiger partial charge in [0.05, 0.1) is 6.54 Å². The van der Waals surface area contributed by atoms with Crippen molar-refractivity contribution in [3.63, 3.8) is 0 Å². The molecule has 0 spiro atoms. The summed E-state index contributed by atoms with van der Waals surface area (Å²) in [7, 11) is 0. The number of hydrogen-bond donors (Lipinski definition) is 3. The van der Waals surface area contributed by atoms with Gasteiger partial charge >= 0.3 is 0 Å². The Morgan fingerprint density at radius 2 is 1.93 bits per heavy atom. The molecule has 3 aromatic heterocycles. The maximum atomic E-state index is 6.05. The van der Waals surface area contributed by atoms with Crippen LogP contribution in [-0.2, 0) is 6.54 Å². The summed E-state index contributed by atoms with van der Waals surface area (Å²) in [4.78, 5) is 3.19. The highest BCUT2D eigenvalue weighted by molar-refractivity contribution is 6.30. The van der Waals surface area contributed by atoms with Crippen LogP contribution in [0.3, 0.4) is 0 Å². The molecule has 0 bridgehead atoms. The van der Waals surface area contributed by atoms with Crippen LogP contribution in [-0.4, -0.2) is 24.8 Å². The molecule has 28 heavy (non-hydrogen) atoms. The normalized spacial score (nSPS) is 11.2. The molecule has 3 N–H and O–H groups in total. The number of aromatic nitrogens is 5. The fraction of sp³-hybridized carbons (Fsp3) is 0.0500. The first-order valence-corrected chi connectivity index (χ1v) is 9.17. The summed E-state index contributed by atoms with van der Waals surface area (Å²) in [6.07, 6.45) is 1.93. The van der Waals surface area contributed by atoms with Crippen LogP contribution < -0.4 is 10.6 Å². The molecule has 5 aromatic rings. The average molecular weight is 390 g/mol. The number of nitrogens with zero attached hydrogens (tertiary/aromatic N) is 4. The highest BCUT2D eigenvalue weighted by atomic mass is 35.5. The molecule has 3 heterocycles. The van der Waals surface area contributed by atoms with E-state index in [9.17, 15) is 0 Å².